The number of aromatic carboxylic acids is 1. The molecule has 0 aliphatic rings. The van der Waals surface area contributed by atoms with E-state index in [1.807, 2.05) is 54.6 Å². The Morgan fingerprint density at radius 1 is 0.844 bits per heavy atom. The van der Waals surface area contributed by atoms with Crippen molar-refractivity contribution in [1.82, 2.24) is 15.3 Å². The topological polar surface area (TPSA) is 150 Å². The van der Waals surface area contributed by atoms with Gasteiger partial charge in [0.05, 0.1) is 12.4 Å². The molecule has 1 heterocycles. The zero-order valence-corrected chi connectivity index (χ0v) is 16.9. The summed E-state index contributed by atoms with van der Waals surface area (Å²) >= 11 is 0. The zero-order chi connectivity index (χ0) is 23.1. The van der Waals surface area contributed by atoms with E-state index < -0.39 is 30.0 Å². The fourth-order valence-corrected chi connectivity index (χ4v) is 3.13. The minimum atomic E-state index is -1.66. The van der Waals surface area contributed by atoms with Crippen LogP contribution in [0.2, 0.25) is 0 Å². The molecule has 0 bridgehead atoms. The molecule has 9 heteroatoms. The molecule has 3 aromatic rings. The second-order valence-corrected chi connectivity index (χ2v) is 7.12. The predicted molar refractivity (Wildman–Crippen MR) is 114 cm³/mol. The Balaban J connectivity index is 1.74. The molecular weight excluding hydrogens is 414 g/mol. The van der Waals surface area contributed by atoms with Crippen molar-refractivity contribution in [2.45, 2.75) is 25.0 Å². The summed E-state index contributed by atoms with van der Waals surface area (Å²) in [6.45, 7) is 0. The van der Waals surface area contributed by atoms with Crippen LogP contribution < -0.4 is 5.32 Å². The third-order valence-corrected chi connectivity index (χ3v) is 4.77. The van der Waals surface area contributed by atoms with Crippen molar-refractivity contribution >= 4 is 17.8 Å². The monoisotopic (exact) mass is 435 g/mol. The summed E-state index contributed by atoms with van der Waals surface area (Å²) in [5, 5.41) is 30.4. The third kappa shape index (κ3) is 5.96. The van der Waals surface area contributed by atoms with Crippen LogP contribution in [0.1, 0.15) is 33.0 Å². The van der Waals surface area contributed by atoms with Gasteiger partial charge in [-0.1, -0.05) is 54.6 Å². The highest BCUT2D eigenvalue weighted by Crippen LogP contribution is 2.20. The average molecular weight is 435 g/mol. The van der Waals surface area contributed by atoms with Gasteiger partial charge in [-0.15, -0.1) is 0 Å². The third-order valence-electron chi connectivity index (χ3n) is 4.77. The first kappa shape index (κ1) is 22.6. The number of nitrogens with zero attached hydrogens (tertiary/aromatic N) is 2. The second kappa shape index (κ2) is 10.3. The lowest BCUT2D eigenvalue weighted by atomic mass is 9.97. The van der Waals surface area contributed by atoms with Crippen LogP contribution in [0.4, 0.5) is 0 Å². The summed E-state index contributed by atoms with van der Waals surface area (Å²) in [5.74, 6) is -3.32. The van der Waals surface area contributed by atoms with Gasteiger partial charge in [-0.3, -0.25) is 4.79 Å². The lowest BCUT2D eigenvalue weighted by Crippen LogP contribution is -2.41. The summed E-state index contributed by atoms with van der Waals surface area (Å²) in [6.07, 6.45) is 0.372. The molecule has 2 aromatic carbocycles. The normalized spacial score (nSPS) is 12.5. The van der Waals surface area contributed by atoms with Crippen LogP contribution in [0, 0.1) is 0 Å². The van der Waals surface area contributed by atoms with E-state index in [1.54, 1.807) is 0 Å². The number of carboxylic acids is 2. The van der Waals surface area contributed by atoms with Crippen LogP contribution in [0.3, 0.4) is 0 Å². The molecule has 1 amide bonds. The Hall–Kier alpha value is -4.11. The Labute approximate surface area is 183 Å². The number of aliphatic hydroxyl groups excluding tert-OH is 1. The highest BCUT2D eigenvalue weighted by atomic mass is 16.4. The molecule has 0 saturated heterocycles. The van der Waals surface area contributed by atoms with Gasteiger partial charge in [-0.25, -0.2) is 19.6 Å². The van der Waals surface area contributed by atoms with Crippen LogP contribution in [0.5, 0.6) is 0 Å². The van der Waals surface area contributed by atoms with Crippen molar-refractivity contribution in [1.29, 1.82) is 0 Å². The van der Waals surface area contributed by atoms with Crippen LogP contribution in [0.25, 0.3) is 11.1 Å². The molecule has 32 heavy (non-hydrogen) atoms. The molecule has 0 spiro atoms. The maximum Gasteiger partial charge on any atom is 0.356 e. The molecule has 0 saturated carbocycles. The molecule has 3 rings (SSSR count). The number of nitrogens with one attached hydrogen (secondary N) is 1. The number of aromatic nitrogens is 2. The number of carboxylic acid groups (broad SMARTS) is 2. The molecule has 4 N–H and O–H groups in total. The summed E-state index contributed by atoms with van der Waals surface area (Å²) in [5.41, 5.74) is 2.46. The van der Waals surface area contributed by atoms with Gasteiger partial charge >= 0.3 is 11.9 Å². The molecule has 1 aromatic heterocycles. The number of amides is 1. The highest BCUT2D eigenvalue weighted by molar-refractivity contribution is 5.93. The van der Waals surface area contributed by atoms with Gasteiger partial charge in [-0.2, -0.15) is 0 Å². The Bertz CT molecular complexity index is 1080. The number of rotatable bonds is 9. The summed E-state index contributed by atoms with van der Waals surface area (Å²) in [6, 6.07) is 16.7. The van der Waals surface area contributed by atoms with E-state index in [4.69, 9.17) is 10.2 Å². The molecule has 0 fully saturated rings. The van der Waals surface area contributed by atoms with Crippen molar-refractivity contribution in [3.8, 4) is 11.1 Å². The average Bonchev–Trinajstić information content (AvgIpc) is 2.80. The van der Waals surface area contributed by atoms with Crippen molar-refractivity contribution in [2.75, 3.05) is 0 Å². The van der Waals surface area contributed by atoms with Crippen molar-refractivity contribution in [3.63, 3.8) is 0 Å². The van der Waals surface area contributed by atoms with E-state index in [1.165, 1.54) is 0 Å². The standard InChI is InChI=1S/C23H21N3O6/c27-20(23(31)32)11-17(26-21(28)18-12-25-19(13-24-18)22(29)30)10-14-6-8-16(9-7-14)15-4-2-1-3-5-15/h1-9,12-13,17,20,27H,10-11H2,(H,26,28)(H,29,30)(H,31,32)/t17-,20?/m1/s1. The van der Waals surface area contributed by atoms with Gasteiger partial charge in [0.15, 0.2) is 11.8 Å². The van der Waals surface area contributed by atoms with Crippen molar-refractivity contribution < 1.29 is 29.7 Å². The minimum Gasteiger partial charge on any atom is -0.479 e. The number of hydrogen-bond donors (Lipinski definition) is 4. The lowest BCUT2D eigenvalue weighted by molar-refractivity contribution is -0.147. The van der Waals surface area contributed by atoms with Crippen LogP contribution in [-0.2, 0) is 11.2 Å². The molecule has 2 atom stereocenters. The van der Waals surface area contributed by atoms with Gasteiger partial charge in [0.25, 0.3) is 5.91 Å². The quantitative estimate of drug-likeness (QED) is 0.399. The largest absolute Gasteiger partial charge is 0.479 e. The van der Waals surface area contributed by atoms with Gasteiger partial charge in [0.2, 0.25) is 0 Å². The first-order chi connectivity index (χ1) is 15.3. The smallest absolute Gasteiger partial charge is 0.356 e. The number of aliphatic hydroxyl groups is 1. The molecule has 1 unspecified atom stereocenters. The molecular formula is C23H21N3O6. The molecule has 9 nitrogen and oxygen atoms in total. The molecule has 164 valence electrons. The first-order valence-electron chi connectivity index (χ1n) is 9.75. The molecule has 0 radical (unpaired) electrons. The molecule has 0 aliphatic heterocycles. The number of hydrogen-bond acceptors (Lipinski definition) is 6. The van der Waals surface area contributed by atoms with E-state index >= 15 is 0 Å². The SMILES string of the molecule is O=C(O)c1cnc(C(=O)N[C@H](Cc2ccc(-c3ccccc3)cc2)CC(O)C(=O)O)cn1. The van der Waals surface area contributed by atoms with E-state index in [2.05, 4.69) is 15.3 Å². The van der Waals surface area contributed by atoms with Crippen molar-refractivity contribution in [3.05, 3.63) is 83.9 Å². The second-order valence-electron chi connectivity index (χ2n) is 7.12. The predicted octanol–water partition coefficient (Wildman–Crippen LogP) is 2.02. The highest BCUT2D eigenvalue weighted by Gasteiger charge is 2.23. The van der Waals surface area contributed by atoms with Crippen LogP contribution >= 0.6 is 0 Å². The van der Waals surface area contributed by atoms with E-state index in [9.17, 15) is 19.5 Å². The summed E-state index contributed by atoms with van der Waals surface area (Å²) in [4.78, 5) is 41.9. The van der Waals surface area contributed by atoms with Gasteiger partial charge in [0.1, 0.15) is 5.69 Å². The maximum absolute atomic E-state index is 12.5. The van der Waals surface area contributed by atoms with E-state index in [0.29, 0.717) is 0 Å². The fraction of sp³-hybridized carbons (Fsp3) is 0.174. The van der Waals surface area contributed by atoms with Gasteiger partial charge < -0.3 is 20.6 Å². The number of carbonyl (C=O) groups excluding carboxylic acids is 1. The number of carbonyl (C=O) groups is 3. The fourth-order valence-electron chi connectivity index (χ4n) is 3.13. The van der Waals surface area contributed by atoms with Crippen molar-refractivity contribution in [2.24, 2.45) is 0 Å². The number of benzene rings is 2. The molecule has 0 aliphatic carbocycles. The van der Waals surface area contributed by atoms with Gasteiger partial charge in [-0.05, 0) is 23.1 Å². The van der Waals surface area contributed by atoms with Crippen LogP contribution in [0.15, 0.2) is 67.0 Å². The van der Waals surface area contributed by atoms with E-state index in [-0.39, 0.29) is 24.2 Å². The lowest BCUT2D eigenvalue weighted by Gasteiger charge is -2.20. The van der Waals surface area contributed by atoms with E-state index in [0.717, 1.165) is 29.1 Å². The van der Waals surface area contributed by atoms with Gasteiger partial charge in [0, 0.05) is 12.5 Å². The summed E-state index contributed by atoms with van der Waals surface area (Å²) < 4.78 is 0. The van der Waals surface area contributed by atoms with Crippen LogP contribution in [-0.4, -0.2) is 55.3 Å². The zero-order valence-electron chi connectivity index (χ0n) is 16.9. The first-order valence-corrected chi connectivity index (χ1v) is 9.75. The maximum atomic E-state index is 12.5. The Kier molecular flexibility index (Phi) is 7.25. The minimum absolute atomic E-state index is 0.121. The Morgan fingerprint density at radius 3 is 2.00 bits per heavy atom. The summed E-state index contributed by atoms with van der Waals surface area (Å²) in [7, 11) is 0. The Morgan fingerprint density at radius 2 is 1.44 bits per heavy atom. The number of aliphatic carboxylic acids is 1.